The molecule has 0 aliphatic carbocycles. The summed E-state index contributed by atoms with van der Waals surface area (Å²) in [5.74, 6) is 2.53. The first-order valence-electron chi connectivity index (χ1n) is 8.41. The van der Waals surface area contributed by atoms with Gasteiger partial charge in [0, 0.05) is 38.6 Å². The second-order valence-electron chi connectivity index (χ2n) is 6.11. The molecule has 3 heterocycles. The van der Waals surface area contributed by atoms with E-state index in [0.29, 0.717) is 5.92 Å². The number of thioether (sulfide) groups is 1. The molecule has 1 aliphatic rings. The molecular formula is C17H25N5OS. The number of nitrogens with zero attached hydrogens (tertiary/aromatic N) is 5. The van der Waals surface area contributed by atoms with Crippen molar-refractivity contribution in [3.63, 3.8) is 0 Å². The van der Waals surface area contributed by atoms with Crippen LogP contribution in [0.3, 0.4) is 0 Å². The Morgan fingerprint density at radius 3 is 2.79 bits per heavy atom. The van der Waals surface area contributed by atoms with E-state index in [1.54, 1.807) is 18.9 Å². The van der Waals surface area contributed by atoms with Crippen LogP contribution >= 0.6 is 11.8 Å². The lowest BCUT2D eigenvalue weighted by Gasteiger charge is -2.31. The Balaban J connectivity index is 1.53. The first-order chi connectivity index (χ1) is 11.8. The summed E-state index contributed by atoms with van der Waals surface area (Å²) in [5.41, 5.74) is 1.14. The Bertz CT molecular complexity index is 625. The maximum atomic E-state index is 5.10. The van der Waals surface area contributed by atoms with Crippen molar-refractivity contribution in [2.75, 3.05) is 32.6 Å². The number of ether oxygens (including phenoxy) is 1. The summed E-state index contributed by atoms with van der Waals surface area (Å²) < 4.78 is 7.25. The average Bonchev–Trinajstić information content (AvgIpc) is 2.98. The predicted molar refractivity (Wildman–Crippen MR) is 95.1 cm³/mol. The minimum Gasteiger partial charge on any atom is -0.384 e. The molecule has 1 fully saturated rings. The minimum atomic E-state index is 0.499. The van der Waals surface area contributed by atoms with E-state index >= 15 is 0 Å². The molecule has 0 radical (unpaired) electrons. The molecule has 0 N–H and O–H groups in total. The van der Waals surface area contributed by atoms with E-state index in [9.17, 15) is 0 Å². The van der Waals surface area contributed by atoms with Gasteiger partial charge in [-0.05, 0) is 38.1 Å². The largest absolute Gasteiger partial charge is 0.384 e. The Morgan fingerprint density at radius 2 is 2.08 bits per heavy atom. The van der Waals surface area contributed by atoms with Gasteiger partial charge in [-0.2, -0.15) is 0 Å². The zero-order valence-electron chi connectivity index (χ0n) is 14.4. The van der Waals surface area contributed by atoms with Crippen LogP contribution in [0.15, 0.2) is 29.6 Å². The summed E-state index contributed by atoms with van der Waals surface area (Å²) in [6.07, 6.45) is 4.12. The third kappa shape index (κ3) is 4.34. The summed E-state index contributed by atoms with van der Waals surface area (Å²) in [6.45, 7) is 3.84. The Labute approximate surface area is 147 Å². The lowest BCUT2D eigenvalue weighted by Crippen LogP contribution is -2.33. The van der Waals surface area contributed by atoms with Gasteiger partial charge in [0.1, 0.15) is 5.82 Å². The van der Waals surface area contributed by atoms with Crippen molar-refractivity contribution >= 4 is 11.8 Å². The fourth-order valence-corrected chi connectivity index (χ4v) is 3.91. The van der Waals surface area contributed by atoms with Crippen LogP contribution < -0.4 is 0 Å². The smallest absolute Gasteiger partial charge is 0.191 e. The first-order valence-corrected chi connectivity index (χ1v) is 9.39. The quantitative estimate of drug-likeness (QED) is 0.566. The number of methoxy groups -OCH3 is 1. The molecule has 2 aromatic heterocycles. The number of hydrogen-bond acceptors (Lipinski definition) is 6. The van der Waals surface area contributed by atoms with Gasteiger partial charge in [-0.25, -0.2) is 0 Å². The molecule has 7 heteroatoms. The van der Waals surface area contributed by atoms with E-state index < -0.39 is 0 Å². The third-order valence-corrected chi connectivity index (χ3v) is 5.44. The summed E-state index contributed by atoms with van der Waals surface area (Å²) in [5, 5.41) is 9.78. The molecule has 0 bridgehead atoms. The molecule has 0 aromatic carbocycles. The highest BCUT2D eigenvalue weighted by Gasteiger charge is 2.25. The molecule has 2 aromatic rings. The molecule has 0 atom stereocenters. The molecule has 24 heavy (non-hydrogen) atoms. The summed E-state index contributed by atoms with van der Waals surface area (Å²) in [6, 6.07) is 6.11. The number of piperidine rings is 1. The van der Waals surface area contributed by atoms with Crippen molar-refractivity contribution in [1.82, 2.24) is 24.6 Å². The van der Waals surface area contributed by atoms with Crippen molar-refractivity contribution in [3.05, 3.63) is 35.9 Å². The Kier molecular flexibility index (Phi) is 6.23. The van der Waals surface area contributed by atoms with Crippen LogP contribution in [-0.2, 0) is 18.3 Å². The van der Waals surface area contributed by atoms with E-state index in [-0.39, 0.29) is 0 Å². The van der Waals surface area contributed by atoms with Gasteiger partial charge in [-0.1, -0.05) is 17.8 Å². The third-order valence-electron chi connectivity index (χ3n) is 4.45. The molecule has 0 saturated carbocycles. The predicted octanol–water partition coefficient (Wildman–Crippen LogP) is 2.33. The van der Waals surface area contributed by atoms with Gasteiger partial charge in [-0.15, -0.1) is 10.2 Å². The molecule has 0 unspecified atom stereocenters. The lowest BCUT2D eigenvalue weighted by atomic mass is 9.96. The number of likely N-dealkylation sites (tertiary alicyclic amines) is 1. The van der Waals surface area contributed by atoms with Gasteiger partial charge in [0.15, 0.2) is 5.16 Å². The van der Waals surface area contributed by atoms with Crippen LogP contribution in [0.2, 0.25) is 0 Å². The van der Waals surface area contributed by atoms with Crippen LogP contribution in [0, 0.1) is 0 Å². The summed E-state index contributed by atoms with van der Waals surface area (Å²) >= 11 is 1.70. The number of aromatic nitrogens is 4. The molecule has 6 nitrogen and oxygen atoms in total. The number of pyridine rings is 1. The van der Waals surface area contributed by atoms with E-state index in [0.717, 1.165) is 61.5 Å². The molecule has 0 spiro atoms. The highest BCUT2D eigenvalue weighted by Crippen LogP contribution is 2.29. The Morgan fingerprint density at radius 1 is 1.25 bits per heavy atom. The summed E-state index contributed by atoms with van der Waals surface area (Å²) in [7, 11) is 3.80. The van der Waals surface area contributed by atoms with Gasteiger partial charge in [-0.3, -0.25) is 9.88 Å². The molecular weight excluding hydrogens is 322 g/mol. The van der Waals surface area contributed by atoms with Gasteiger partial charge in [0.05, 0.1) is 12.3 Å². The van der Waals surface area contributed by atoms with Crippen molar-refractivity contribution in [2.24, 2.45) is 7.05 Å². The van der Waals surface area contributed by atoms with Gasteiger partial charge < -0.3 is 9.30 Å². The number of rotatable bonds is 7. The monoisotopic (exact) mass is 347 g/mol. The van der Waals surface area contributed by atoms with Crippen LogP contribution in [-0.4, -0.2) is 57.2 Å². The fraction of sp³-hybridized carbons (Fsp3) is 0.588. The van der Waals surface area contributed by atoms with Crippen molar-refractivity contribution in [3.8, 4) is 0 Å². The topological polar surface area (TPSA) is 56.1 Å². The highest BCUT2D eigenvalue weighted by atomic mass is 32.2. The van der Waals surface area contributed by atoms with E-state index in [2.05, 4.69) is 43.8 Å². The van der Waals surface area contributed by atoms with E-state index in [1.165, 1.54) is 0 Å². The van der Waals surface area contributed by atoms with Crippen LogP contribution in [0.5, 0.6) is 0 Å². The molecule has 3 rings (SSSR count). The summed E-state index contributed by atoms with van der Waals surface area (Å²) in [4.78, 5) is 6.90. The van der Waals surface area contributed by atoms with Gasteiger partial charge in [0.25, 0.3) is 0 Å². The van der Waals surface area contributed by atoms with E-state index in [1.807, 2.05) is 12.3 Å². The second kappa shape index (κ2) is 8.60. The molecule has 0 amide bonds. The molecule has 130 valence electrons. The highest BCUT2D eigenvalue weighted by molar-refractivity contribution is 7.99. The zero-order chi connectivity index (χ0) is 16.8. The average molecular weight is 347 g/mol. The zero-order valence-corrected chi connectivity index (χ0v) is 15.2. The normalized spacial score (nSPS) is 16.6. The fourth-order valence-electron chi connectivity index (χ4n) is 3.09. The SMILES string of the molecule is COCCSc1nnc(C2CCN(Cc3ccccn3)CC2)n1C. The van der Waals surface area contributed by atoms with Crippen LogP contribution in [0.4, 0.5) is 0 Å². The lowest BCUT2D eigenvalue weighted by molar-refractivity contribution is 0.198. The Hall–Kier alpha value is -1.44. The van der Waals surface area contributed by atoms with Crippen LogP contribution in [0.25, 0.3) is 0 Å². The van der Waals surface area contributed by atoms with Crippen molar-refractivity contribution in [1.29, 1.82) is 0 Å². The molecule has 1 aliphatic heterocycles. The minimum absolute atomic E-state index is 0.499. The van der Waals surface area contributed by atoms with Crippen molar-refractivity contribution < 1.29 is 4.74 Å². The van der Waals surface area contributed by atoms with Gasteiger partial charge >= 0.3 is 0 Å². The second-order valence-corrected chi connectivity index (χ2v) is 7.17. The standard InChI is InChI=1S/C17H25N5OS/c1-21-16(19-20-17(21)24-12-11-23-2)14-6-9-22(10-7-14)13-15-5-3-4-8-18-15/h3-5,8,14H,6-7,9-13H2,1-2H3. The number of hydrogen-bond donors (Lipinski definition) is 0. The van der Waals surface area contributed by atoms with Gasteiger partial charge in [0.2, 0.25) is 0 Å². The van der Waals surface area contributed by atoms with Crippen molar-refractivity contribution in [2.45, 2.75) is 30.5 Å². The maximum absolute atomic E-state index is 5.10. The van der Waals surface area contributed by atoms with Crippen LogP contribution in [0.1, 0.15) is 30.3 Å². The molecule has 1 saturated heterocycles. The van der Waals surface area contributed by atoms with E-state index in [4.69, 9.17) is 4.74 Å². The maximum Gasteiger partial charge on any atom is 0.191 e. The first kappa shape index (κ1) is 17.4.